The quantitative estimate of drug-likeness (QED) is 0.837. The topological polar surface area (TPSA) is 62.3 Å². The number of nitrogens with zero attached hydrogens (tertiary/aromatic N) is 2. The molecule has 0 radical (unpaired) electrons. The lowest BCUT2D eigenvalue weighted by Gasteiger charge is -2.32. The molecule has 1 aliphatic rings. The number of aromatic nitrogens is 2. The van der Waals surface area contributed by atoms with E-state index in [1.807, 2.05) is 46.9 Å². The summed E-state index contributed by atoms with van der Waals surface area (Å²) in [5.74, 6) is 0. The van der Waals surface area contributed by atoms with Crippen LogP contribution in [0.4, 0.5) is 0 Å². The van der Waals surface area contributed by atoms with Gasteiger partial charge in [0.1, 0.15) is 0 Å². The van der Waals surface area contributed by atoms with Crippen LogP contribution in [-0.2, 0) is 16.4 Å². The standard InChI is InChI=1S/C13H22BN3O2/c1-12(2)13(3,4)19-14(18-12)10(9-15)8-11-6-7-16-17(11)5/h6-8H,9,15H2,1-5H3. The molecule has 1 fully saturated rings. The van der Waals surface area contributed by atoms with E-state index in [-0.39, 0.29) is 11.2 Å². The van der Waals surface area contributed by atoms with Gasteiger partial charge in [-0.1, -0.05) is 0 Å². The summed E-state index contributed by atoms with van der Waals surface area (Å²) < 4.78 is 13.8. The minimum Gasteiger partial charge on any atom is -0.400 e. The molecule has 0 amide bonds. The van der Waals surface area contributed by atoms with E-state index in [9.17, 15) is 0 Å². The first-order valence-corrected chi connectivity index (χ1v) is 6.51. The minimum absolute atomic E-state index is 0.349. The first kappa shape index (κ1) is 14.3. The number of hydrogen-bond donors (Lipinski definition) is 1. The Labute approximate surface area is 114 Å². The van der Waals surface area contributed by atoms with E-state index in [1.165, 1.54) is 0 Å². The lowest BCUT2D eigenvalue weighted by Crippen LogP contribution is -2.41. The molecule has 0 aliphatic carbocycles. The normalized spacial score (nSPS) is 22.0. The molecule has 0 bridgehead atoms. The van der Waals surface area contributed by atoms with Gasteiger partial charge in [-0.05, 0) is 45.3 Å². The molecule has 0 atom stereocenters. The predicted molar refractivity (Wildman–Crippen MR) is 76.3 cm³/mol. The maximum absolute atomic E-state index is 6.01. The van der Waals surface area contributed by atoms with Gasteiger partial charge in [0.15, 0.2) is 0 Å². The van der Waals surface area contributed by atoms with E-state index in [0.29, 0.717) is 6.54 Å². The maximum Gasteiger partial charge on any atom is 0.491 e. The first-order valence-electron chi connectivity index (χ1n) is 6.51. The fourth-order valence-electron chi connectivity index (χ4n) is 1.93. The molecule has 1 aliphatic heterocycles. The van der Waals surface area contributed by atoms with Gasteiger partial charge in [-0.25, -0.2) is 0 Å². The van der Waals surface area contributed by atoms with Gasteiger partial charge in [0, 0.05) is 19.8 Å². The zero-order valence-electron chi connectivity index (χ0n) is 12.3. The van der Waals surface area contributed by atoms with Gasteiger partial charge in [-0.15, -0.1) is 0 Å². The average molecular weight is 263 g/mol. The molecule has 1 aromatic heterocycles. The number of aryl methyl sites for hydroxylation is 1. The monoisotopic (exact) mass is 263 g/mol. The second-order valence-electron chi connectivity index (χ2n) is 5.89. The Morgan fingerprint density at radius 3 is 2.37 bits per heavy atom. The van der Waals surface area contributed by atoms with Crippen LogP contribution in [0.2, 0.25) is 0 Å². The summed E-state index contributed by atoms with van der Waals surface area (Å²) >= 11 is 0. The van der Waals surface area contributed by atoms with Crippen molar-refractivity contribution in [2.45, 2.75) is 38.9 Å². The second-order valence-corrected chi connectivity index (χ2v) is 5.89. The van der Waals surface area contributed by atoms with Crippen LogP contribution < -0.4 is 5.73 Å². The molecule has 2 rings (SSSR count). The van der Waals surface area contributed by atoms with Crippen LogP contribution >= 0.6 is 0 Å². The second kappa shape index (κ2) is 4.78. The summed E-state index contributed by atoms with van der Waals surface area (Å²) in [7, 11) is 1.49. The third-order valence-corrected chi connectivity index (χ3v) is 3.98. The Balaban J connectivity index is 2.26. The summed E-state index contributed by atoms with van der Waals surface area (Å²) in [5.41, 5.74) is 7.04. The van der Waals surface area contributed by atoms with Gasteiger partial charge in [-0.2, -0.15) is 5.10 Å². The zero-order valence-corrected chi connectivity index (χ0v) is 12.3. The number of hydrogen-bond acceptors (Lipinski definition) is 4. The van der Waals surface area contributed by atoms with E-state index in [1.54, 1.807) is 10.9 Å². The summed E-state index contributed by atoms with van der Waals surface area (Å²) in [6, 6.07) is 1.93. The fraction of sp³-hybridized carbons (Fsp3) is 0.615. The molecular formula is C13H22BN3O2. The van der Waals surface area contributed by atoms with Crippen LogP contribution in [0.5, 0.6) is 0 Å². The molecule has 19 heavy (non-hydrogen) atoms. The SMILES string of the molecule is Cn1nccc1C=C(CN)B1OC(C)(C)C(C)(C)O1. The molecule has 0 saturated carbocycles. The predicted octanol–water partition coefficient (Wildman–Crippen LogP) is 1.39. The van der Waals surface area contributed by atoms with Gasteiger partial charge in [0.25, 0.3) is 0 Å². The number of rotatable bonds is 3. The zero-order chi connectivity index (χ0) is 14.3. The third kappa shape index (κ3) is 2.61. The van der Waals surface area contributed by atoms with Crippen molar-refractivity contribution < 1.29 is 9.31 Å². The van der Waals surface area contributed by atoms with E-state index in [4.69, 9.17) is 15.0 Å². The Morgan fingerprint density at radius 1 is 1.37 bits per heavy atom. The molecule has 0 spiro atoms. The summed E-state index contributed by atoms with van der Waals surface area (Å²) in [5, 5.41) is 4.14. The lowest BCUT2D eigenvalue weighted by molar-refractivity contribution is 0.00578. The van der Waals surface area contributed by atoms with Gasteiger partial charge in [0.2, 0.25) is 0 Å². The molecular weight excluding hydrogens is 241 g/mol. The highest BCUT2D eigenvalue weighted by atomic mass is 16.7. The molecule has 1 aromatic rings. The Morgan fingerprint density at radius 2 is 1.95 bits per heavy atom. The summed E-state index contributed by atoms with van der Waals surface area (Å²) in [6.45, 7) is 8.52. The van der Waals surface area contributed by atoms with Crippen LogP contribution in [0.15, 0.2) is 17.7 Å². The molecule has 0 aromatic carbocycles. The molecule has 0 unspecified atom stereocenters. The van der Waals surface area contributed by atoms with E-state index in [2.05, 4.69) is 5.10 Å². The summed E-state index contributed by atoms with van der Waals surface area (Å²) in [6.07, 6.45) is 3.74. The maximum atomic E-state index is 6.01. The fourth-order valence-corrected chi connectivity index (χ4v) is 1.93. The van der Waals surface area contributed by atoms with Crippen molar-refractivity contribution >= 4 is 13.2 Å². The van der Waals surface area contributed by atoms with Gasteiger partial charge < -0.3 is 15.0 Å². The highest BCUT2D eigenvalue weighted by Gasteiger charge is 2.52. The van der Waals surface area contributed by atoms with Crippen molar-refractivity contribution in [1.82, 2.24) is 9.78 Å². The van der Waals surface area contributed by atoms with Crippen LogP contribution in [0.1, 0.15) is 33.4 Å². The van der Waals surface area contributed by atoms with E-state index >= 15 is 0 Å². The van der Waals surface area contributed by atoms with Crippen molar-refractivity contribution in [3.8, 4) is 0 Å². The van der Waals surface area contributed by atoms with Crippen LogP contribution in [-0.4, -0.2) is 34.6 Å². The van der Waals surface area contributed by atoms with Crippen molar-refractivity contribution in [2.75, 3.05) is 6.54 Å². The third-order valence-electron chi connectivity index (χ3n) is 3.98. The lowest BCUT2D eigenvalue weighted by atomic mass is 9.77. The van der Waals surface area contributed by atoms with Crippen LogP contribution in [0.25, 0.3) is 6.08 Å². The van der Waals surface area contributed by atoms with Gasteiger partial charge in [0.05, 0.1) is 16.9 Å². The molecule has 2 N–H and O–H groups in total. The highest BCUT2D eigenvalue weighted by Crippen LogP contribution is 2.38. The summed E-state index contributed by atoms with van der Waals surface area (Å²) in [4.78, 5) is 0. The van der Waals surface area contributed by atoms with Crippen molar-refractivity contribution in [1.29, 1.82) is 0 Å². The van der Waals surface area contributed by atoms with E-state index < -0.39 is 7.12 Å². The largest absolute Gasteiger partial charge is 0.491 e. The first-order chi connectivity index (χ1) is 8.77. The molecule has 1 saturated heterocycles. The molecule has 5 nitrogen and oxygen atoms in total. The smallest absolute Gasteiger partial charge is 0.400 e. The minimum atomic E-state index is -0.398. The Kier molecular flexibility index (Phi) is 3.60. The van der Waals surface area contributed by atoms with Crippen molar-refractivity contribution in [3.05, 3.63) is 23.4 Å². The van der Waals surface area contributed by atoms with Crippen molar-refractivity contribution in [3.63, 3.8) is 0 Å². The number of nitrogens with two attached hydrogens (primary N) is 1. The molecule has 104 valence electrons. The Bertz CT molecular complexity index is 478. The van der Waals surface area contributed by atoms with Crippen molar-refractivity contribution in [2.24, 2.45) is 12.8 Å². The van der Waals surface area contributed by atoms with E-state index in [0.717, 1.165) is 11.2 Å². The average Bonchev–Trinajstić information content (AvgIpc) is 2.78. The van der Waals surface area contributed by atoms with Crippen LogP contribution in [0, 0.1) is 0 Å². The van der Waals surface area contributed by atoms with Gasteiger partial charge >= 0.3 is 7.12 Å². The molecule has 2 heterocycles. The van der Waals surface area contributed by atoms with Gasteiger partial charge in [-0.3, -0.25) is 4.68 Å². The molecule has 6 heteroatoms. The highest BCUT2D eigenvalue weighted by molar-refractivity contribution is 6.55. The Hall–Kier alpha value is -1.11. The van der Waals surface area contributed by atoms with Crippen LogP contribution in [0.3, 0.4) is 0 Å².